The van der Waals surface area contributed by atoms with Gasteiger partial charge >= 0.3 is 6.09 Å². The number of piperazine rings is 1. The van der Waals surface area contributed by atoms with Crippen LogP contribution in [0, 0.1) is 17.2 Å². The number of ether oxygens (including phenoxy) is 1. The zero-order chi connectivity index (χ0) is 33.6. The number of nitrogens with zero attached hydrogens (tertiary/aromatic N) is 8. The molecule has 4 aliphatic heterocycles. The number of nitrogens with two attached hydrogens (primary N) is 1. The quantitative estimate of drug-likeness (QED) is 0.450. The number of hydrogen-bond donors (Lipinski definition) is 1. The summed E-state index contributed by atoms with van der Waals surface area (Å²) in [5, 5.41) is 14.3. The van der Waals surface area contributed by atoms with Crippen LogP contribution in [0.1, 0.15) is 78.5 Å². The predicted octanol–water partition coefficient (Wildman–Crippen LogP) is 5.12. The number of hydrogen-bond acceptors (Lipinski definition) is 12. The Kier molecular flexibility index (Phi) is 9.10. The largest absolute Gasteiger partial charge is 0.444 e. The fraction of sp³-hybridized carbons (Fsp3) is 0.686. The third-order valence-electron chi connectivity index (χ3n) is 10.6. The van der Waals surface area contributed by atoms with Crippen molar-refractivity contribution in [2.24, 2.45) is 11.7 Å². The van der Waals surface area contributed by atoms with Crippen molar-refractivity contribution in [2.45, 2.75) is 95.1 Å². The van der Waals surface area contributed by atoms with Crippen LogP contribution < -0.4 is 15.5 Å². The minimum Gasteiger partial charge on any atom is -0.444 e. The van der Waals surface area contributed by atoms with E-state index in [-0.39, 0.29) is 17.4 Å². The monoisotopic (exact) mass is 675 g/mol. The van der Waals surface area contributed by atoms with Gasteiger partial charge in [0.1, 0.15) is 17.1 Å². The van der Waals surface area contributed by atoms with E-state index < -0.39 is 11.0 Å². The molecular formula is C35H49N9O3S. The molecule has 4 atom stereocenters. The van der Waals surface area contributed by atoms with E-state index in [1.54, 1.807) is 16.7 Å². The molecule has 0 spiro atoms. The average molecular weight is 676 g/mol. The van der Waals surface area contributed by atoms with Crippen molar-refractivity contribution in [2.75, 3.05) is 62.2 Å². The maximum Gasteiger partial charge on any atom is 0.410 e. The third kappa shape index (κ3) is 6.51. The summed E-state index contributed by atoms with van der Waals surface area (Å²) >= 11 is 1.62. The van der Waals surface area contributed by atoms with Gasteiger partial charge in [-0.2, -0.15) is 10.2 Å². The van der Waals surface area contributed by atoms with Crippen LogP contribution in [0.5, 0.6) is 0 Å². The molecule has 7 rings (SSSR count). The summed E-state index contributed by atoms with van der Waals surface area (Å²) in [6.45, 7) is 14.6. The van der Waals surface area contributed by atoms with E-state index >= 15 is 0 Å². The summed E-state index contributed by atoms with van der Waals surface area (Å²) in [5.41, 5.74) is 8.07. The zero-order valence-corrected chi connectivity index (χ0v) is 29.6. The Morgan fingerprint density at radius 3 is 2.56 bits per heavy atom. The van der Waals surface area contributed by atoms with Crippen molar-refractivity contribution in [3.8, 4) is 17.6 Å². The first-order chi connectivity index (χ1) is 23.0. The number of carbonyl (C=O) groups excluding carboxylic acids is 1. The summed E-state index contributed by atoms with van der Waals surface area (Å²) < 4.78 is 11.7. The topological polar surface area (TPSA) is 141 Å². The molecule has 1 amide bonds. The molecule has 2 aromatic heterocycles. The maximum absolute atomic E-state index is 12.8. The van der Waals surface area contributed by atoms with Crippen molar-refractivity contribution >= 4 is 29.4 Å². The third-order valence-corrected chi connectivity index (χ3v) is 11.9. The molecule has 0 radical (unpaired) electrons. The molecular weight excluding hydrogens is 627 g/mol. The number of aromatic nitrogens is 3. The molecule has 5 aliphatic rings. The van der Waals surface area contributed by atoms with E-state index in [1.165, 1.54) is 37.3 Å². The Bertz CT molecular complexity index is 1580. The van der Waals surface area contributed by atoms with Gasteiger partial charge in [-0.25, -0.2) is 9.78 Å². The molecule has 12 nitrogen and oxygen atoms in total. The fourth-order valence-corrected chi connectivity index (χ4v) is 9.50. The van der Waals surface area contributed by atoms with Crippen LogP contribution in [-0.4, -0.2) is 100 Å². The zero-order valence-electron chi connectivity index (χ0n) is 28.8. The second kappa shape index (κ2) is 13.2. The summed E-state index contributed by atoms with van der Waals surface area (Å²) in [5.74, 6) is 1.51. The minimum absolute atomic E-state index is 0.270. The van der Waals surface area contributed by atoms with Gasteiger partial charge in [0.15, 0.2) is 0 Å². The van der Waals surface area contributed by atoms with Crippen LogP contribution in [0.15, 0.2) is 27.1 Å². The van der Waals surface area contributed by atoms with E-state index in [0.717, 1.165) is 55.9 Å². The van der Waals surface area contributed by atoms with Crippen LogP contribution in [0.25, 0.3) is 11.5 Å². The number of likely N-dealkylation sites (tertiary alicyclic amines) is 1. The van der Waals surface area contributed by atoms with E-state index in [0.29, 0.717) is 49.6 Å². The molecule has 2 N–H and O–H groups in total. The Balaban J connectivity index is 1.17. The van der Waals surface area contributed by atoms with Crippen LogP contribution in [0.4, 0.5) is 16.3 Å². The average Bonchev–Trinajstić information content (AvgIpc) is 3.84. The van der Waals surface area contributed by atoms with Crippen LogP contribution in [0.2, 0.25) is 0 Å². The van der Waals surface area contributed by atoms with Gasteiger partial charge in [0.05, 0.1) is 22.8 Å². The van der Waals surface area contributed by atoms with Crippen molar-refractivity contribution in [3.63, 3.8) is 0 Å². The number of pyridine rings is 1. The van der Waals surface area contributed by atoms with Gasteiger partial charge in [-0.05, 0) is 95.9 Å². The fourth-order valence-electron chi connectivity index (χ4n) is 8.09. The Hall–Kier alpha value is -3.34. The smallest absolute Gasteiger partial charge is 0.410 e. The molecule has 48 heavy (non-hydrogen) atoms. The SMILES string of the molecule is CC(C)(C)OC(=O)N1CCN(c2cc(-c3noc(C4(C)CCCC5=C4C(C#N)C(N)S5)n3)nc(N3CCC(N4CCCCC4)C3)c2)CC1. The van der Waals surface area contributed by atoms with Gasteiger partial charge in [0.25, 0.3) is 0 Å². The van der Waals surface area contributed by atoms with Gasteiger partial charge < -0.3 is 29.7 Å². The van der Waals surface area contributed by atoms with Gasteiger partial charge in [-0.15, -0.1) is 11.8 Å². The lowest BCUT2D eigenvalue weighted by Gasteiger charge is -2.37. The number of nitriles is 1. The Labute approximate surface area is 288 Å². The molecule has 4 unspecified atom stereocenters. The van der Waals surface area contributed by atoms with Crippen molar-refractivity contribution < 1.29 is 14.1 Å². The highest BCUT2D eigenvalue weighted by atomic mass is 32.2. The highest BCUT2D eigenvalue weighted by Gasteiger charge is 2.49. The number of amides is 1. The van der Waals surface area contributed by atoms with Gasteiger partial charge in [0, 0.05) is 57.1 Å². The van der Waals surface area contributed by atoms with Gasteiger partial charge in [0.2, 0.25) is 11.7 Å². The number of carbonyl (C=O) groups is 1. The second-order valence-corrected chi connectivity index (χ2v) is 16.4. The molecule has 3 fully saturated rings. The summed E-state index contributed by atoms with van der Waals surface area (Å²) in [7, 11) is 0. The highest BCUT2D eigenvalue weighted by molar-refractivity contribution is 8.03. The van der Waals surface area contributed by atoms with Crippen LogP contribution >= 0.6 is 11.8 Å². The lowest BCUT2D eigenvalue weighted by molar-refractivity contribution is 0.0240. The molecule has 6 heterocycles. The molecule has 3 saturated heterocycles. The maximum atomic E-state index is 12.8. The Morgan fingerprint density at radius 1 is 1.06 bits per heavy atom. The summed E-state index contributed by atoms with van der Waals surface area (Å²) in [6.07, 6.45) is 7.48. The number of rotatable bonds is 5. The molecule has 0 saturated carbocycles. The highest BCUT2D eigenvalue weighted by Crippen LogP contribution is 2.55. The Morgan fingerprint density at radius 2 is 1.83 bits per heavy atom. The van der Waals surface area contributed by atoms with Crippen molar-refractivity contribution in [3.05, 3.63) is 28.5 Å². The van der Waals surface area contributed by atoms with Crippen LogP contribution in [0.3, 0.4) is 0 Å². The molecule has 1 aliphatic carbocycles. The van der Waals surface area contributed by atoms with E-state index in [4.69, 9.17) is 25.0 Å². The van der Waals surface area contributed by atoms with E-state index in [9.17, 15) is 10.1 Å². The van der Waals surface area contributed by atoms with Crippen molar-refractivity contribution in [1.29, 1.82) is 5.26 Å². The molecule has 13 heteroatoms. The lowest BCUT2D eigenvalue weighted by Crippen LogP contribution is -2.50. The van der Waals surface area contributed by atoms with Gasteiger partial charge in [-0.3, -0.25) is 4.90 Å². The first-order valence-electron chi connectivity index (χ1n) is 17.7. The standard InChI is InChI=1S/C35H49N9O3S/c1-34(2,3)46-33(45)43-17-15-42(16-18-43)24-19-26(38-28(20-24)44-14-10-23(22-44)41-12-6-5-7-13-41)31-39-32(47-40-31)35(4)11-8-9-27-29(35)25(21-36)30(37)48-27/h19-20,23,25,30H,5-18,22,37H2,1-4H3. The molecule has 0 bridgehead atoms. The number of thioether (sulfide) groups is 1. The number of allylic oxidation sites excluding steroid dienone is 1. The first kappa shape index (κ1) is 33.2. The lowest BCUT2D eigenvalue weighted by atomic mass is 9.69. The van der Waals surface area contributed by atoms with Gasteiger partial charge in [-0.1, -0.05) is 11.6 Å². The van der Waals surface area contributed by atoms with E-state index in [1.807, 2.05) is 26.8 Å². The number of piperidine rings is 1. The minimum atomic E-state index is -0.546. The number of anilines is 2. The summed E-state index contributed by atoms with van der Waals surface area (Å²) in [4.78, 5) is 33.3. The normalized spacial score (nSPS) is 28.5. The first-order valence-corrected chi connectivity index (χ1v) is 18.5. The van der Waals surface area contributed by atoms with Crippen LogP contribution in [-0.2, 0) is 10.2 Å². The summed E-state index contributed by atoms with van der Waals surface area (Å²) in [6, 6.07) is 7.22. The van der Waals surface area contributed by atoms with E-state index in [2.05, 4.69) is 38.9 Å². The molecule has 2 aromatic rings. The second-order valence-electron chi connectivity index (χ2n) is 15.1. The molecule has 0 aromatic carbocycles. The van der Waals surface area contributed by atoms with Crippen molar-refractivity contribution in [1.82, 2.24) is 24.9 Å². The predicted molar refractivity (Wildman–Crippen MR) is 186 cm³/mol. The molecule has 258 valence electrons.